The Bertz CT molecular complexity index is 864. The second kappa shape index (κ2) is 5.62. The van der Waals surface area contributed by atoms with Crippen molar-refractivity contribution >= 4 is 21.8 Å². The molecule has 0 radical (unpaired) electrons. The number of phenols is 1. The van der Waals surface area contributed by atoms with E-state index in [1.807, 2.05) is 0 Å². The highest BCUT2D eigenvalue weighted by Gasteiger charge is 2.39. The first-order valence-electron chi connectivity index (χ1n) is 6.79. The molecule has 0 spiro atoms. The fourth-order valence-electron chi connectivity index (χ4n) is 2.24. The number of ether oxygens (including phenoxy) is 2. The molecule has 2 fully saturated rings. The lowest BCUT2D eigenvalue weighted by Crippen LogP contribution is -2.50. The minimum atomic E-state index is -4.25. The van der Waals surface area contributed by atoms with E-state index < -0.39 is 45.5 Å². The molecule has 0 atom stereocenters. The van der Waals surface area contributed by atoms with Crippen LogP contribution in [0.3, 0.4) is 0 Å². The van der Waals surface area contributed by atoms with Crippen LogP contribution < -0.4 is 9.03 Å². The van der Waals surface area contributed by atoms with Gasteiger partial charge in [0.05, 0.1) is 18.8 Å². The minimum Gasteiger partial charge on any atom is -0.506 e. The van der Waals surface area contributed by atoms with Crippen molar-refractivity contribution in [1.29, 1.82) is 0 Å². The number of nitrogens with zero attached hydrogens (tertiary/aromatic N) is 1. The largest absolute Gasteiger partial charge is 0.506 e. The zero-order valence-corrected chi connectivity index (χ0v) is 13.3. The summed E-state index contributed by atoms with van der Waals surface area (Å²) in [5.41, 5.74) is -1.60. The second-order valence-corrected chi connectivity index (χ2v) is 6.87. The monoisotopic (exact) mass is 356 g/mol. The van der Waals surface area contributed by atoms with Gasteiger partial charge in [-0.05, 0) is 12.1 Å². The van der Waals surface area contributed by atoms with Gasteiger partial charge in [0, 0.05) is 7.11 Å². The van der Waals surface area contributed by atoms with Crippen LogP contribution >= 0.6 is 0 Å². The SMILES string of the molecule is COC1(C#Cc2ccc(O)c(N3CC(=O)NS3(=O)=O)c2F)COC1. The van der Waals surface area contributed by atoms with Gasteiger partial charge in [-0.25, -0.2) is 13.4 Å². The van der Waals surface area contributed by atoms with Crippen molar-refractivity contribution in [3.05, 3.63) is 23.5 Å². The number of nitrogens with one attached hydrogen (secondary N) is 1. The van der Waals surface area contributed by atoms with Crippen molar-refractivity contribution in [2.75, 3.05) is 31.2 Å². The first kappa shape index (κ1) is 16.5. The molecule has 24 heavy (non-hydrogen) atoms. The molecule has 0 aliphatic carbocycles. The third-order valence-electron chi connectivity index (χ3n) is 3.65. The van der Waals surface area contributed by atoms with Crippen LogP contribution in [0.1, 0.15) is 5.56 Å². The molecule has 2 heterocycles. The van der Waals surface area contributed by atoms with E-state index >= 15 is 0 Å². The molecule has 2 saturated heterocycles. The lowest BCUT2D eigenvalue weighted by Gasteiger charge is -2.35. The first-order valence-corrected chi connectivity index (χ1v) is 8.23. The van der Waals surface area contributed by atoms with Gasteiger partial charge in [-0.3, -0.25) is 4.79 Å². The third kappa shape index (κ3) is 2.66. The number of anilines is 1. The van der Waals surface area contributed by atoms with E-state index in [0.717, 1.165) is 6.07 Å². The van der Waals surface area contributed by atoms with Crippen molar-refractivity contribution in [2.24, 2.45) is 0 Å². The Kier molecular flexibility index (Phi) is 3.87. The van der Waals surface area contributed by atoms with Crippen molar-refractivity contribution in [2.45, 2.75) is 5.60 Å². The molecule has 1 aromatic carbocycles. The number of aromatic hydroxyl groups is 1. The van der Waals surface area contributed by atoms with E-state index in [1.165, 1.54) is 13.2 Å². The standard InChI is InChI=1S/C14H13FN2O6S/c1-22-14(7-23-8-14)5-4-9-2-3-10(18)13(12(9)15)17-6-11(19)16-24(17,20)21/h2-3,18H,6-8H2,1H3,(H,16,19). The van der Waals surface area contributed by atoms with Gasteiger partial charge in [0.15, 0.2) is 11.4 Å². The quantitative estimate of drug-likeness (QED) is 0.691. The summed E-state index contributed by atoms with van der Waals surface area (Å²) in [5.74, 6) is 2.82. The Balaban J connectivity index is 2.04. The Hall–Kier alpha value is -2.35. The van der Waals surface area contributed by atoms with Crippen molar-refractivity contribution in [3.8, 4) is 17.6 Å². The van der Waals surface area contributed by atoms with Crippen LogP contribution in [0.25, 0.3) is 0 Å². The molecule has 3 rings (SSSR count). The normalized spacial score (nSPS) is 20.8. The molecule has 128 valence electrons. The summed E-state index contributed by atoms with van der Waals surface area (Å²) in [6, 6.07) is 2.32. The highest BCUT2D eigenvalue weighted by Crippen LogP contribution is 2.35. The molecule has 1 aromatic rings. The molecule has 0 unspecified atom stereocenters. The van der Waals surface area contributed by atoms with Gasteiger partial charge in [0.25, 0.3) is 5.91 Å². The maximum absolute atomic E-state index is 14.7. The Labute approximate surface area is 137 Å². The second-order valence-electron chi connectivity index (χ2n) is 5.27. The molecule has 0 bridgehead atoms. The number of carbonyl (C=O) groups excluding carboxylic acids is 1. The van der Waals surface area contributed by atoms with Gasteiger partial charge in [0.2, 0.25) is 0 Å². The first-order chi connectivity index (χ1) is 11.3. The van der Waals surface area contributed by atoms with E-state index in [4.69, 9.17) is 9.47 Å². The maximum Gasteiger partial charge on any atom is 0.326 e. The van der Waals surface area contributed by atoms with Crippen LogP contribution in [0.4, 0.5) is 10.1 Å². The summed E-state index contributed by atoms with van der Waals surface area (Å²) in [5, 5.41) is 9.85. The van der Waals surface area contributed by atoms with Crippen LogP contribution in [0.15, 0.2) is 12.1 Å². The Morgan fingerprint density at radius 1 is 1.46 bits per heavy atom. The average Bonchev–Trinajstić information content (AvgIpc) is 2.73. The molecule has 2 aliphatic rings. The maximum atomic E-state index is 14.7. The summed E-state index contributed by atoms with van der Waals surface area (Å²) >= 11 is 0. The van der Waals surface area contributed by atoms with Gasteiger partial charge < -0.3 is 14.6 Å². The molecule has 2 N–H and O–H groups in total. The highest BCUT2D eigenvalue weighted by molar-refractivity contribution is 7.92. The minimum absolute atomic E-state index is 0.138. The summed E-state index contributed by atoms with van der Waals surface area (Å²) in [6.45, 7) is -0.149. The van der Waals surface area contributed by atoms with Gasteiger partial charge >= 0.3 is 10.2 Å². The van der Waals surface area contributed by atoms with Crippen LogP contribution in [-0.2, 0) is 24.5 Å². The molecule has 0 aromatic heterocycles. The van der Waals surface area contributed by atoms with Crippen LogP contribution in [0.5, 0.6) is 5.75 Å². The van der Waals surface area contributed by atoms with E-state index in [2.05, 4.69) is 11.8 Å². The van der Waals surface area contributed by atoms with Crippen LogP contribution in [0, 0.1) is 17.7 Å². The number of amides is 1. The van der Waals surface area contributed by atoms with E-state index in [0.29, 0.717) is 4.31 Å². The fourth-order valence-corrected chi connectivity index (χ4v) is 3.41. The lowest BCUT2D eigenvalue weighted by atomic mass is 10.0. The predicted molar refractivity (Wildman–Crippen MR) is 79.9 cm³/mol. The van der Waals surface area contributed by atoms with Gasteiger partial charge in [-0.15, -0.1) is 0 Å². The molecule has 0 saturated carbocycles. The number of methoxy groups -OCH3 is 1. The zero-order valence-electron chi connectivity index (χ0n) is 12.5. The number of hydrogen-bond donors (Lipinski definition) is 2. The van der Waals surface area contributed by atoms with E-state index in [1.54, 1.807) is 4.72 Å². The fraction of sp³-hybridized carbons (Fsp3) is 0.357. The number of hydrogen-bond acceptors (Lipinski definition) is 6. The smallest absolute Gasteiger partial charge is 0.326 e. The number of halogens is 1. The summed E-state index contributed by atoms with van der Waals surface area (Å²) < 4.78 is 50.8. The zero-order chi connectivity index (χ0) is 17.5. The predicted octanol–water partition coefficient (Wildman–Crippen LogP) is -0.521. The molecular formula is C14H13FN2O6S. The molecule has 2 aliphatic heterocycles. The molecular weight excluding hydrogens is 343 g/mol. The van der Waals surface area contributed by atoms with Gasteiger partial charge in [-0.2, -0.15) is 8.42 Å². The molecule has 8 nitrogen and oxygen atoms in total. The van der Waals surface area contributed by atoms with Crippen molar-refractivity contribution in [1.82, 2.24) is 4.72 Å². The van der Waals surface area contributed by atoms with Gasteiger partial charge in [0.1, 0.15) is 18.0 Å². The summed E-state index contributed by atoms with van der Waals surface area (Å²) in [4.78, 5) is 11.3. The topological polar surface area (TPSA) is 105 Å². The Morgan fingerprint density at radius 3 is 2.67 bits per heavy atom. The molecule has 1 amide bonds. The number of rotatable bonds is 2. The summed E-state index contributed by atoms with van der Waals surface area (Å²) in [6.07, 6.45) is 0. The average molecular weight is 356 g/mol. The van der Waals surface area contributed by atoms with E-state index in [-0.39, 0.29) is 18.8 Å². The van der Waals surface area contributed by atoms with Crippen molar-refractivity contribution < 1.29 is 32.2 Å². The van der Waals surface area contributed by atoms with Crippen molar-refractivity contribution in [3.63, 3.8) is 0 Å². The summed E-state index contributed by atoms with van der Waals surface area (Å²) in [7, 11) is -2.80. The highest BCUT2D eigenvalue weighted by atomic mass is 32.2. The van der Waals surface area contributed by atoms with Gasteiger partial charge in [-0.1, -0.05) is 11.8 Å². The lowest BCUT2D eigenvalue weighted by molar-refractivity contribution is -0.159. The number of carbonyl (C=O) groups is 1. The number of benzene rings is 1. The van der Waals surface area contributed by atoms with E-state index in [9.17, 15) is 22.7 Å². The van der Waals surface area contributed by atoms with Crippen LogP contribution in [0.2, 0.25) is 0 Å². The third-order valence-corrected chi connectivity index (χ3v) is 5.03. The Morgan fingerprint density at radius 2 is 2.17 bits per heavy atom. The number of phenolic OH excluding ortho intramolecular Hbond substituents is 1. The van der Waals surface area contributed by atoms with Crippen LogP contribution in [-0.4, -0.2) is 51.9 Å². The molecule has 10 heteroatoms.